The summed E-state index contributed by atoms with van der Waals surface area (Å²) in [5, 5.41) is 14.2. The van der Waals surface area contributed by atoms with Crippen LogP contribution in [0.25, 0.3) is 0 Å². The van der Waals surface area contributed by atoms with E-state index in [1.54, 1.807) is 24.3 Å². The molecule has 1 aromatic heterocycles. The van der Waals surface area contributed by atoms with Crippen LogP contribution in [0.1, 0.15) is 16.1 Å². The highest BCUT2D eigenvalue weighted by molar-refractivity contribution is 5.94. The molecule has 2 rings (SSSR count). The number of hydrogen-bond donors (Lipinski definition) is 1. The Labute approximate surface area is 105 Å². The van der Waals surface area contributed by atoms with Gasteiger partial charge >= 0.3 is 0 Å². The van der Waals surface area contributed by atoms with E-state index in [1.165, 1.54) is 6.20 Å². The second-order valence-corrected chi connectivity index (χ2v) is 3.89. The van der Waals surface area contributed by atoms with Gasteiger partial charge in [-0.2, -0.15) is 4.73 Å². The average molecular weight is 242 g/mol. The van der Waals surface area contributed by atoms with E-state index in [2.05, 4.69) is 5.32 Å². The summed E-state index contributed by atoms with van der Waals surface area (Å²) < 4.78 is 0.814. The number of aromatic nitrogens is 1. The van der Waals surface area contributed by atoms with Crippen LogP contribution in [-0.4, -0.2) is 12.5 Å². The van der Waals surface area contributed by atoms with E-state index in [0.29, 0.717) is 24.2 Å². The quantitative estimate of drug-likeness (QED) is 0.649. The van der Waals surface area contributed by atoms with Crippen LogP contribution in [-0.2, 0) is 6.42 Å². The normalized spacial score (nSPS) is 10.0. The molecule has 0 bridgehead atoms. The minimum Gasteiger partial charge on any atom is -0.619 e. The van der Waals surface area contributed by atoms with Crippen LogP contribution < -0.4 is 10.0 Å². The van der Waals surface area contributed by atoms with Crippen molar-refractivity contribution in [2.24, 2.45) is 0 Å². The lowest BCUT2D eigenvalue weighted by Gasteiger charge is -2.05. The molecule has 1 aromatic carbocycles. The van der Waals surface area contributed by atoms with Gasteiger partial charge in [0.05, 0.1) is 6.42 Å². The molecular formula is C14H14N2O2. The molecule has 18 heavy (non-hydrogen) atoms. The zero-order chi connectivity index (χ0) is 12.8. The van der Waals surface area contributed by atoms with Crippen LogP contribution in [0.4, 0.5) is 0 Å². The minimum absolute atomic E-state index is 0.121. The molecule has 92 valence electrons. The molecule has 1 heterocycles. The van der Waals surface area contributed by atoms with Gasteiger partial charge in [-0.15, -0.1) is 0 Å². The number of pyridine rings is 1. The zero-order valence-corrected chi connectivity index (χ0v) is 9.87. The lowest BCUT2D eigenvalue weighted by atomic mass is 10.2. The fourth-order valence-corrected chi connectivity index (χ4v) is 1.65. The molecule has 4 heteroatoms. The molecule has 0 saturated carbocycles. The second kappa shape index (κ2) is 5.82. The maximum absolute atomic E-state index is 11.7. The first-order valence-corrected chi connectivity index (χ1v) is 5.77. The van der Waals surface area contributed by atoms with Gasteiger partial charge in [-0.05, 0) is 12.1 Å². The molecule has 2 aromatic rings. The minimum atomic E-state index is -0.121. The van der Waals surface area contributed by atoms with E-state index in [4.69, 9.17) is 0 Å². The monoisotopic (exact) mass is 242 g/mol. The Hall–Kier alpha value is -2.36. The van der Waals surface area contributed by atoms with E-state index in [9.17, 15) is 10.0 Å². The van der Waals surface area contributed by atoms with Gasteiger partial charge in [0.1, 0.15) is 0 Å². The molecule has 0 aliphatic carbocycles. The molecule has 0 spiro atoms. The lowest BCUT2D eigenvalue weighted by molar-refractivity contribution is -0.613. The Kier molecular flexibility index (Phi) is 3.91. The van der Waals surface area contributed by atoms with E-state index < -0.39 is 0 Å². The van der Waals surface area contributed by atoms with Gasteiger partial charge in [-0.1, -0.05) is 24.3 Å². The predicted octanol–water partition coefficient (Wildman–Crippen LogP) is 1.29. The second-order valence-electron chi connectivity index (χ2n) is 3.89. The molecule has 0 radical (unpaired) electrons. The largest absolute Gasteiger partial charge is 0.619 e. The fourth-order valence-electron chi connectivity index (χ4n) is 1.65. The van der Waals surface area contributed by atoms with Crippen LogP contribution in [0, 0.1) is 5.21 Å². The Bertz CT molecular complexity index is 526. The van der Waals surface area contributed by atoms with Crippen LogP contribution in [0.5, 0.6) is 0 Å². The van der Waals surface area contributed by atoms with Crippen molar-refractivity contribution in [3.8, 4) is 0 Å². The van der Waals surface area contributed by atoms with Gasteiger partial charge in [-0.25, -0.2) is 0 Å². The third-order valence-corrected chi connectivity index (χ3v) is 2.61. The summed E-state index contributed by atoms with van der Waals surface area (Å²) >= 11 is 0. The first kappa shape index (κ1) is 12.1. The first-order chi connectivity index (χ1) is 8.77. The van der Waals surface area contributed by atoms with Gasteiger partial charge in [-0.3, -0.25) is 4.79 Å². The van der Waals surface area contributed by atoms with Crippen molar-refractivity contribution in [3.05, 3.63) is 71.2 Å². The molecular weight excluding hydrogens is 228 g/mol. The van der Waals surface area contributed by atoms with Crippen molar-refractivity contribution in [2.75, 3.05) is 6.54 Å². The highest BCUT2D eigenvalue weighted by Gasteiger charge is 2.06. The Balaban J connectivity index is 1.86. The number of rotatable bonds is 4. The molecule has 1 N–H and O–H groups in total. The van der Waals surface area contributed by atoms with Crippen molar-refractivity contribution in [3.63, 3.8) is 0 Å². The fraction of sp³-hybridized carbons (Fsp3) is 0.143. The lowest BCUT2D eigenvalue weighted by Crippen LogP contribution is -2.34. The van der Waals surface area contributed by atoms with Gasteiger partial charge in [0.15, 0.2) is 11.9 Å². The molecule has 4 nitrogen and oxygen atoms in total. The summed E-state index contributed by atoms with van der Waals surface area (Å²) in [6.45, 7) is 0.444. The number of nitrogens with one attached hydrogen (secondary N) is 1. The van der Waals surface area contributed by atoms with Crippen LogP contribution in [0.3, 0.4) is 0 Å². The summed E-state index contributed by atoms with van der Waals surface area (Å²) in [5.74, 6) is -0.121. The number of amides is 1. The number of carbonyl (C=O) groups excluding carboxylic acids is 1. The van der Waals surface area contributed by atoms with Gasteiger partial charge in [0.2, 0.25) is 0 Å². The Morgan fingerprint density at radius 2 is 1.83 bits per heavy atom. The predicted molar refractivity (Wildman–Crippen MR) is 67.9 cm³/mol. The van der Waals surface area contributed by atoms with E-state index >= 15 is 0 Å². The first-order valence-electron chi connectivity index (χ1n) is 5.77. The van der Waals surface area contributed by atoms with E-state index in [0.717, 1.165) is 4.73 Å². The molecule has 0 unspecified atom stereocenters. The molecule has 1 amide bonds. The Morgan fingerprint density at radius 3 is 2.56 bits per heavy atom. The number of hydrogen-bond acceptors (Lipinski definition) is 2. The standard InChI is InChI=1S/C14H14N2O2/c17-14(12-6-2-1-3-7-12)15-10-9-13-8-4-5-11-16(13)18/h1-8,11H,9-10H2,(H,15,17). The number of carbonyl (C=O) groups is 1. The van der Waals surface area contributed by atoms with Crippen molar-refractivity contribution in [2.45, 2.75) is 6.42 Å². The third kappa shape index (κ3) is 3.07. The average Bonchev–Trinajstić information content (AvgIpc) is 2.42. The van der Waals surface area contributed by atoms with Gasteiger partial charge in [0.25, 0.3) is 5.91 Å². The van der Waals surface area contributed by atoms with Crippen LogP contribution in [0.15, 0.2) is 54.7 Å². The zero-order valence-electron chi connectivity index (χ0n) is 9.87. The van der Waals surface area contributed by atoms with E-state index in [-0.39, 0.29) is 5.91 Å². The van der Waals surface area contributed by atoms with Crippen LogP contribution in [0.2, 0.25) is 0 Å². The third-order valence-electron chi connectivity index (χ3n) is 2.61. The van der Waals surface area contributed by atoms with E-state index in [1.807, 2.05) is 24.3 Å². The SMILES string of the molecule is O=C(NCCc1cccc[n+]1[O-])c1ccccc1. The maximum Gasteiger partial charge on any atom is 0.251 e. The highest BCUT2D eigenvalue weighted by Crippen LogP contribution is 1.98. The topological polar surface area (TPSA) is 56.0 Å². The van der Waals surface area contributed by atoms with Crippen molar-refractivity contribution >= 4 is 5.91 Å². The van der Waals surface area contributed by atoms with Gasteiger partial charge in [0, 0.05) is 24.2 Å². The van der Waals surface area contributed by atoms with Crippen molar-refractivity contribution in [1.82, 2.24) is 5.32 Å². The molecule has 0 aliphatic heterocycles. The van der Waals surface area contributed by atoms with Gasteiger partial charge < -0.3 is 10.5 Å². The number of benzene rings is 1. The van der Waals surface area contributed by atoms with Crippen molar-refractivity contribution in [1.29, 1.82) is 0 Å². The maximum atomic E-state index is 11.7. The highest BCUT2D eigenvalue weighted by atomic mass is 16.5. The number of nitrogens with zero attached hydrogens (tertiary/aromatic N) is 1. The summed E-state index contributed by atoms with van der Waals surface area (Å²) in [7, 11) is 0. The van der Waals surface area contributed by atoms with Crippen LogP contribution >= 0.6 is 0 Å². The van der Waals surface area contributed by atoms with Crippen molar-refractivity contribution < 1.29 is 9.52 Å². The summed E-state index contributed by atoms with van der Waals surface area (Å²) in [5.41, 5.74) is 1.27. The summed E-state index contributed by atoms with van der Waals surface area (Å²) in [6.07, 6.45) is 1.97. The molecule has 0 atom stereocenters. The molecule has 0 aliphatic rings. The Morgan fingerprint density at radius 1 is 1.11 bits per heavy atom. The molecule has 0 fully saturated rings. The summed E-state index contributed by atoms with van der Waals surface area (Å²) in [4.78, 5) is 11.7. The smallest absolute Gasteiger partial charge is 0.251 e. The molecule has 0 saturated heterocycles. The summed E-state index contributed by atoms with van der Waals surface area (Å²) in [6, 6.07) is 14.2.